The summed E-state index contributed by atoms with van der Waals surface area (Å²) in [5, 5.41) is 9.03. The molecule has 0 amide bonds. The molecule has 0 bridgehead atoms. The van der Waals surface area contributed by atoms with E-state index in [-0.39, 0.29) is 11.6 Å². The minimum absolute atomic E-state index is 0.0392. The Labute approximate surface area is 162 Å². The van der Waals surface area contributed by atoms with Gasteiger partial charge in [-0.25, -0.2) is 4.98 Å². The van der Waals surface area contributed by atoms with Crippen molar-refractivity contribution in [2.75, 3.05) is 6.61 Å². The van der Waals surface area contributed by atoms with Gasteiger partial charge in [-0.15, -0.1) is 0 Å². The molecule has 1 atom stereocenters. The maximum absolute atomic E-state index is 9.03. The van der Waals surface area contributed by atoms with Crippen molar-refractivity contribution < 1.29 is 9.47 Å². The van der Waals surface area contributed by atoms with E-state index >= 15 is 0 Å². The van der Waals surface area contributed by atoms with Crippen LogP contribution >= 0.6 is 0 Å². The molecule has 0 aliphatic rings. The Morgan fingerprint density at radius 1 is 1.15 bits per heavy atom. The molecule has 0 N–H and O–H groups in total. The Morgan fingerprint density at radius 2 is 1.89 bits per heavy atom. The van der Waals surface area contributed by atoms with Crippen LogP contribution in [-0.2, 0) is 0 Å². The first kappa shape index (κ1) is 20.8. The van der Waals surface area contributed by atoms with Crippen molar-refractivity contribution in [1.82, 2.24) is 9.55 Å². The standard InChI is InChI=1S/C22H31N3O2/c1-4-5-8-21(25-15-14-24-18-25)27-20-11-9-19(10-12-20)26-16-7-6-13-22(2,3)17-23/h9-12,14-15,18,21H,4-8,13,16H2,1-3H3. The van der Waals surface area contributed by atoms with E-state index in [0.717, 1.165) is 50.0 Å². The summed E-state index contributed by atoms with van der Waals surface area (Å²) < 4.78 is 13.9. The number of imidazole rings is 1. The number of hydrogen-bond acceptors (Lipinski definition) is 4. The van der Waals surface area contributed by atoms with Gasteiger partial charge in [0.05, 0.1) is 24.4 Å². The van der Waals surface area contributed by atoms with Crippen molar-refractivity contribution in [2.45, 2.75) is 65.5 Å². The van der Waals surface area contributed by atoms with Crippen molar-refractivity contribution in [3.05, 3.63) is 43.0 Å². The molecule has 0 saturated carbocycles. The topological polar surface area (TPSA) is 60.1 Å². The number of rotatable bonds is 12. The summed E-state index contributed by atoms with van der Waals surface area (Å²) in [5.74, 6) is 1.67. The highest BCUT2D eigenvalue weighted by Crippen LogP contribution is 2.25. The van der Waals surface area contributed by atoms with E-state index in [0.29, 0.717) is 6.61 Å². The summed E-state index contributed by atoms with van der Waals surface area (Å²) in [6.45, 7) is 6.79. The van der Waals surface area contributed by atoms with Crippen LogP contribution in [0.2, 0.25) is 0 Å². The molecule has 0 spiro atoms. The molecule has 0 radical (unpaired) electrons. The second-order valence-electron chi connectivity index (χ2n) is 7.50. The molecule has 0 saturated heterocycles. The molecule has 2 aromatic rings. The molecule has 5 nitrogen and oxygen atoms in total. The highest BCUT2D eigenvalue weighted by atomic mass is 16.5. The molecule has 1 heterocycles. The molecule has 146 valence electrons. The van der Waals surface area contributed by atoms with Crippen molar-refractivity contribution in [3.8, 4) is 17.6 Å². The van der Waals surface area contributed by atoms with Crippen LogP contribution in [0.1, 0.15) is 65.5 Å². The van der Waals surface area contributed by atoms with Gasteiger partial charge in [0.15, 0.2) is 6.23 Å². The van der Waals surface area contributed by atoms with E-state index in [1.54, 1.807) is 12.5 Å². The average Bonchev–Trinajstić information content (AvgIpc) is 3.20. The van der Waals surface area contributed by atoms with Gasteiger partial charge in [-0.1, -0.05) is 13.3 Å². The van der Waals surface area contributed by atoms with E-state index in [1.807, 2.05) is 48.9 Å². The van der Waals surface area contributed by atoms with E-state index in [9.17, 15) is 0 Å². The molecule has 2 rings (SSSR count). The molecule has 1 unspecified atom stereocenters. The van der Waals surface area contributed by atoms with Crippen molar-refractivity contribution in [1.29, 1.82) is 5.26 Å². The number of hydrogen-bond donors (Lipinski definition) is 0. The smallest absolute Gasteiger partial charge is 0.176 e. The molecule has 0 aliphatic carbocycles. The summed E-state index contributed by atoms with van der Waals surface area (Å²) in [5.41, 5.74) is -0.247. The second kappa shape index (κ2) is 10.6. The summed E-state index contributed by atoms with van der Waals surface area (Å²) in [7, 11) is 0. The van der Waals surface area contributed by atoms with Crippen molar-refractivity contribution in [2.24, 2.45) is 5.41 Å². The molecule has 0 fully saturated rings. The van der Waals surface area contributed by atoms with E-state index < -0.39 is 0 Å². The quantitative estimate of drug-likeness (QED) is 0.447. The van der Waals surface area contributed by atoms with Gasteiger partial charge < -0.3 is 14.0 Å². The van der Waals surface area contributed by atoms with Crippen LogP contribution < -0.4 is 9.47 Å². The zero-order valence-corrected chi connectivity index (χ0v) is 16.7. The molecular formula is C22H31N3O2. The van der Waals surface area contributed by atoms with Crippen LogP contribution in [0.3, 0.4) is 0 Å². The number of ether oxygens (including phenoxy) is 2. The molecule has 0 aliphatic heterocycles. The predicted molar refractivity (Wildman–Crippen MR) is 107 cm³/mol. The Bertz CT molecular complexity index is 687. The maximum atomic E-state index is 9.03. The summed E-state index contributed by atoms with van der Waals surface area (Å²) in [6, 6.07) is 10.1. The zero-order chi connectivity index (χ0) is 19.5. The van der Waals surface area contributed by atoms with Gasteiger partial charge in [-0.3, -0.25) is 0 Å². The van der Waals surface area contributed by atoms with E-state index in [1.165, 1.54) is 0 Å². The minimum Gasteiger partial charge on any atom is -0.494 e. The monoisotopic (exact) mass is 369 g/mol. The summed E-state index contributed by atoms with van der Waals surface area (Å²) >= 11 is 0. The zero-order valence-electron chi connectivity index (χ0n) is 16.7. The number of benzene rings is 1. The molecule has 1 aromatic carbocycles. The SMILES string of the molecule is CCCCC(Oc1ccc(OCCCCC(C)(C)C#N)cc1)n1ccnc1. The molecule has 5 heteroatoms. The fraction of sp³-hybridized carbons (Fsp3) is 0.545. The van der Waals surface area contributed by atoms with Crippen molar-refractivity contribution in [3.63, 3.8) is 0 Å². The third kappa shape index (κ3) is 7.34. The van der Waals surface area contributed by atoms with Crippen LogP contribution in [0.4, 0.5) is 0 Å². The number of nitrogens with zero attached hydrogens (tertiary/aromatic N) is 3. The van der Waals surface area contributed by atoms with Gasteiger partial charge in [0, 0.05) is 18.8 Å². The Hall–Kier alpha value is -2.48. The van der Waals surface area contributed by atoms with Crippen LogP contribution in [0.25, 0.3) is 0 Å². The largest absolute Gasteiger partial charge is 0.494 e. The first-order valence-electron chi connectivity index (χ1n) is 9.82. The third-order valence-corrected chi connectivity index (χ3v) is 4.53. The van der Waals surface area contributed by atoms with Crippen LogP contribution in [0.5, 0.6) is 11.5 Å². The highest BCUT2D eigenvalue weighted by Gasteiger charge is 2.15. The van der Waals surface area contributed by atoms with Crippen LogP contribution in [0.15, 0.2) is 43.0 Å². The molecule has 1 aromatic heterocycles. The predicted octanol–water partition coefficient (Wildman–Crippen LogP) is 5.75. The van der Waals surface area contributed by atoms with Gasteiger partial charge in [0.1, 0.15) is 11.5 Å². The Kier molecular flexibility index (Phi) is 8.19. The van der Waals surface area contributed by atoms with Crippen molar-refractivity contribution >= 4 is 0 Å². The van der Waals surface area contributed by atoms with Gasteiger partial charge in [-0.2, -0.15) is 5.26 Å². The Morgan fingerprint density at radius 3 is 2.52 bits per heavy atom. The van der Waals surface area contributed by atoms with Gasteiger partial charge >= 0.3 is 0 Å². The van der Waals surface area contributed by atoms with Gasteiger partial charge in [0.25, 0.3) is 0 Å². The lowest BCUT2D eigenvalue weighted by atomic mass is 9.89. The third-order valence-electron chi connectivity index (χ3n) is 4.53. The van der Waals surface area contributed by atoms with Gasteiger partial charge in [0.2, 0.25) is 0 Å². The maximum Gasteiger partial charge on any atom is 0.176 e. The molecule has 27 heavy (non-hydrogen) atoms. The fourth-order valence-corrected chi connectivity index (χ4v) is 2.77. The number of unbranched alkanes of at least 4 members (excludes halogenated alkanes) is 2. The first-order valence-corrected chi connectivity index (χ1v) is 9.82. The van der Waals surface area contributed by atoms with Crippen LogP contribution in [0, 0.1) is 16.7 Å². The summed E-state index contributed by atoms with van der Waals surface area (Å²) in [6.07, 6.45) is 11.5. The number of nitriles is 1. The Balaban J connectivity index is 1.79. The lowest BCUT2D eigenvalue weighted by Gasteiger charge is -2.20. The lowest BCUT2D eigenvalue weighted by Crippen LogP contribution is -2.14. The highest BCUT2D eigenvalue weighted by molar-refractivity contribution is 5.31. The van der Waals surface area contributed by atoms with E-state index in [2.05, 4.69) is 18.0 Å². The lowest BCUT2D eigenvalue weighted by molar-refractivity contribution is 0.119. The first-order chi connectivity index (χ1) is 13.0. The summed E-state index contributed by atoms with van der Waals surface area (Å²) in [4.78, 5) is 4.12. The van der Waals surface area contributed by atoms with E-state index in [4.69, 9.17) is 14.7 Å². The number of aromatic nitrogens is 2. The fourth-order valence-electron chi connectivity index (χ4n) is 2.77. The van der Waals surface area contributed by atoms with Crippen LogP contribution in [-0.4, -0.2) is 16.2 Å². The molecular weight excluding hydrogens is 338 g/mol. The minimum atomic E-state index is -0.247. The average molecular weight is 370 g/mol. The van der Waals surface area contributed by atoms with Gasteiger partial charge in [-0.05, 0) is 63.8 Å². The normalized spacial score (nSPS) is 12.4. The second-order valence-corrected chi connectivity index (χ2v) is 7.50.